The van der Waals surface area contributed by atoms with Crippen molar-refractivity contribution in [2.24, 2.45) is 0 Å². The lowest BCUT2D eigenvalue weighted by molar-refractivity contribution is -0.139. The van der Waals surface area contributed by atoms with E-state index < -0.39 is 12.6 Å². The number of hydrogen-bond donors (Lipinski definition) is 3. The second kappa shape index (κ2) is 7.86. The first-order chi connectivity index (χ1) is 12.2. The number of ketones is 1. The van der Waals surface area contributed by atoms with Gasteiger partial charge >= 0.3 is 5.97 Å². The van der Waals surface area contributed by atoms with Crippen molar-refractivity contribution < 1.29 is 24.2 Å². The molecule has 0 aliphatic heterocycles. The van der Waals surface area contributed by atoms with E-state index in [9.17, 15) is 14.4 Å². The van der Waals surface area contributed by atoms with Crippen molar-refractivity contribution in [3.8, 4) is 5.75 Å². The lowest BCUT2D eigenvalue weighted by Crippen LogP contribution is -2.15. The molecule has 2 aromatic rings. The molecule has 7 nitrogen and oxygen atoms in total. The molecule has 0 bridgehead atoms. The van der Waals surface area contributed by atoms with E-state index in [0.717, 1.165) is 5.56 Å². The number of amides is 1. The van der Waals surface area contributed by atoms with Crippen molar-refractivity contribution >= 4 is 23.3 Å². The number of aryl methyl sites for hydroxylation is 2. The van der Waals surface area contributed by atoms with Crippen LogP contribution >= 0.6 is 0 Å². The van der Waals surface area contributed by atoms with Crippen molar-refractivity contribution in [1.29, 1.82) is 0 Å². The van der Waals surface area contributed by atoms with Crippen LogP contribution in [0.25, 0.3) is 0 Å². The Labute approximate surface area is 151 Å². The Morgan fingerprint density at radius 1 is 1.23 bits per heavy atom. The fourth-order valence-corrected chi connectivity index (χ4v) is 2.90. The molecule has 26 heavy (non-hydrogen) atoms. The van der Waals surface area contributed by atoms with Gasteiger partial charge in [0.15, 0.2) is 12.4 Å². The Bertz CT molecular complexity index is 867. The number of carbonyl (C=O) groups excluding carboxylic acids is 2. The largest absolute Gasteiger partial charge is 0.482 e. The van der Waals surface area contributed by atoms with Gasteiger partial charge in [-0.2, -0.15) is 0 Å². The standard InChI is InChI=1S/C19H22N2O5/c1-5-14-17(12(4)22)11(3)20-18(14)19(25)21-15-7-6-13(8-10(15)2)26-9-16(23)24/h6-8,20H,5,9H2,1-4H3,(H,21,25)(H,23,24). The number of ether oxygens (including phenoxy) is 1. The van der Waals surface area contributed by atoms with Crippen LogP contribution in [0.2, 0.25) is 0 Å². The topological polar surface area (TPSA) is 108 Å². The van der Waals surface area contributed by atoms with E-state index in [-0.39, 0.29) is 11.7 Å². The summed E-state index contributed by atoms with van der Waals surface area (Å²) < 4.78 is 5.12. The normalized spacial score (nSPS) is 10.5. The zero-order chi connectivity index (χ0) is 19.4. The molecule has 1 aromatic carbocycles. The molecular formula is C19H22N2O5. The summed E-state index contributed by atoms with van der Waals surface area (Å²) in [5.74, 6) is -1.06. The molecule has 0 atom stereocenters. The number of Topliss-reactive ketones (excluding diaryl/α,β-unsaturated/α-hetero) is 1. The molecule has 0 saturated heterocycles. The summed E-state index contributed by atoms with van der Waals surface area (Å²) in [6.07, 6.45) is 0.558. The van der Waals surface area contributed by atoms with E-state index in [0.29, 0.717) is 40.4 Å². The van der Waals surface area contributed by atoms with Crippen molar-refractivity contribution in [3.63, 3.8) is 0 Å². The highest BCUT2D eigenvalue weighted by molar-refractivity contribution is 6.08. The third kappa shape index (κ3) is 4.11. The van der Waals surface area contributed by atoms with Crippen LogP contribution in [0.15, 0.2) is 18.2 Å². The molecule has 0 aliphatic rings. The number of anilines is 1. The monoisotopic (exact) mass is 358 g/mol. The van der Waals surface area contributed by atoms with Gasteiger partial charge in [0.05, 0.1) is 0 Å². The molecule has 138 valence electrons. The molecule has 7 heteroatoms. The SMILES string of the molecule is CCc1c(C(=O)Nc2ccc(OCC(=O)O)cc2C)[nH]c(C)c1C(C)=O. The fraction of sp³-hybridized carbons (Fsp3) is 0.316. The number of rotatable bonds is 7. The number of nitrogens with one attached hydrogen (secondary N) is 2. The molecule has 0 aliphatic carbocycles. The second-order valence-electron chi connectivity index (χ2n) is 6.00. The minimum atomic E-state index is -1.06. The van der Waals surface area contributed by atoms with E-state index >= 15 is 0 Å². The zero-order valence-electron chi connectivity index (χ0n) is 15.2. The number of benzene rings is 1. The average molecular weight is 358 g/mol. The molecule has 0 spiro atoms. The molecule has 0 saturated carbocycles. The minimum Gasteiger partial charge on any atom is -0.482 e. The van der Waals surface area contributed by atoms with Gasteiger partial charge in [-0.25, -0.2) is 4.79 Å². The number of carboxylic acid groups (broad SMARTS) is 1. The summed E-state index contributed by atoms with van der Waals surface area (Å²) in [6, 6.07) is 4.89. The number of hydrogen-bond acceptors (Lipinski definition) is 4. The Hall–Kier alpha value is -3.09. The molecule has 1 heterocycles. The number of carboxylic acids is 1. The van der Waals surface area contributed by atoms with E-state index in [1.807, 2.05) is 6.92 Å². The maximum absolute atomic E-state index is 12.7. The van der Waals surface area contributed by atoms with Crippen LogP contribution in [0.3, 0.4) is 0 Å². The smallest absolute Gasteiger partial charge is 0.341 e. The summed E-state index contributed by atoms with van der Waals surface area (Å²) in [7, 11) is 0. The Balaban J connectivity index is 2.24. The van der Waals surface area contributed by atoms with E-state index in [1.54, 1.807) is 32.0 Å². The van der Waals surface area contributed by atoms with Gasteiger partial charge in [-0.3, -0.25) is 9.59 Å². The third-order valence-corrected chi connectivity index (χ3v) is 4.03. The van der Waals surface area contributed by atoms with Gasteiger partial charge in [-0.15, -0.1) is 0 Å². The maximum atomic E-state index is 12.7. The van der Waals surface area contributed by atoms with Crippen LogP contribution in [0.4, 0.5) is 5.69 Å². The van der Waals surface area contributed by atoms with Crippen molar-refractivity contribution in [2.45, 2.75) is 34.1 Å². The summed E-state index contributed by atoms with van der Waals surface area (Å²) in [6.45, 7) is 6.50. The van der Waals surface area contributed by atoms with Crippen molar-refractivity contribution in [1.82, 2.24) is 4.98 Å². The number of aromatic amines is 1. The molecule has 1 aromatic heterocycles. The second-order valence-corrected chi connectivity index (χ2v) is 6.00. The minimum absolute atomic E-state index is 0.0780. The van der Waals surface area contributed by atoms with Crippen LogP contribution in [0.5, 0.6) is 5.75 Å². The summed E-state index contributed by atoms with van der Waals surface area (Å²) in [5.41, 5.74) is 3.62. The van der Waals surface area contributed by atoms with E-state index in [2.05, 4.69) is 10.3 Å². The maximum Gasteiger partial charge on any atom is 0.341 e. The lowest BCUT2D eigenvalue weighted by atomic mass is 10.0. The molecule has 0 fully saturated rings. The van der Waals surface area contributed by atoms with Gasteiger partial charge in [0.1, 0.15) is 11.4 Å². The van der Waals surface area contributed by atoms with Gasteiger partial charge in [0.25, 0.3) is 5.91 Å². The molecule has 0 radical (unpaired) electrons. The van der Waals surface area contributed by atoms with E-state index in [1.165, 1.54) is 6.92 Å². The molecule has 1 amide bonds. The predicted molar refractivity (Wildman–Crippen MR) is 97.2 cm³/mol. The third-order valence-electron chi connectivity index (χ3n) is 4.03. The quantitative estimate of drug-likeness (QED) is 0.659. The van der Waals surface area contributed by atoms with Crippen LogP contribution in [-0.4, -0.2) is 34.4 Å². The molecule has 3 N–H and O–H groups in total. The highest BCUT2D eigenvalue weighted by atomic mass is 16.5. The predicted octanol–water partition coefficient (Wildman–Crippen LogP) is 3.11. The van der Waals surface area contributed by atoms with Crippen LogP contribution in [0.1, 0.15) is 51.5 Å². The summed E-state index contributed by atoms with van der Waals surface area (Å²) in [5, 5.41) is 11.5. The fourth-order valence-electron chi connectivity index (χ4n) is 2.90. The first kappa shape index (κ1) is 19.2. The van der Waals surface area contributed by atoms with Gasteiger partial charge in [0.2, 0.25) is 0 Å². The van der Waals surface area contributed by atoms with Gasteiger partial charge in [0, 0.05) is 16.9 Å². The Morgan fingerprint density at radius 2 is 1.92 bits per heavy atom. The first-order valence-corrected chi connectivity index (χ1v) is 8.23. The summed E-state index contributed by atoms with van der Waals surface area (Å²) in [4.78, 5) is 38.1. The number of aromatic nitrogens is 1. The van der Waals surface area contributed by atoms with Crippen LogP contribution in [-0.2, 0) is 11.2 Å². The van der Waals surface area contributed by atoms with Crippen LogP contribution in [0, 0.1) is 13.8 Å². The zero-order valence-corrected chi connectivity index (χ0v) is 15.2. The number of H-pyrrole nitrogens is 1. The van der Waals surface area contributed by atoms with Crippen molar-refractivity contribution in [3.05, 3.63) is 46.3 Å². The number of carbonyl (C=O) groups is 3. The first-order valence-electron chi connectivity index (χ1n) is 8.23. The average Bonchev–Trinajstić information content (AvgIpc) is 2.91. The van der Waals surface area contributed by atoms with Gasteiger partial charge in [-0.1, -0.05) is 6.92 Å². The molecule has 0 unspecified atom stereocenters. The number of aliphatic carboxylic acids is 1. The Morgan fingerprint density at radius 3 is 2.46 bits per heavy atom. The highest BCUT2D eigenvalue weighted by Crippen LogP contribution is 2.24. The molecular weight excluding hydrogens is 336 g/mol. The van der Waals surface area contributed by atoms with E-state index in [4.69, 9.17) is 9.84 Å². The van der Waals surface area contributed by atoms with Crippen molar-refractivity contribution in [2.75, 3.05) is 11.9 Å². The highest BCUT2D eigenvalue weighted by Gasteiger charge is 2.22. The Kier molecular flexibility index (Phi) is 5.82. The van der Waals surface area contributed by atoms with Gasteiger partial charge < -0.3 is 20.1 Å². The lowest BCUT2D eigenvalue weighted by Gasteiger charge is -2.11. The summed E-state index contributed by atoms with van der Waals surface area (Å²) >= 11 is 0. The molecule has 2 rings (SSSR count). The van der Waals surface area contributed by atoms with Crippen LogP contribution < -0.4 is 10.1 Å². The van der Waals surface area contributed by atoms with Gasteiger partial charge in [-0.05, 0) is 56.5 Å².